The first-order chi connectivity index (χ1) is 8.53. The van der Waals surface area contributed by atoms with E-state index in [4.69, 9.17) is 9.47 Å². The smallest absolute Gasteiger partial charge is 0.161 e. The van der Waals surface area contributed by atoms with Crippen LogP contribution in [0.2, 0.25) is 0 Å². The van der Waals surface area contributed by atoms with Gasteiger partial charge in [-0.25, -0.2) is 0 Å². The van der Waals surface area contributed by atoms with Gasteiger partial charge < -0.3 is 19.9 Å². The molecule has 100 valence electrons. The van der Waals surface area contributed by atoms with Crippen molar-refractivity contribution in [3.05, 3.63) is 23.8 Å². The fourth-order valence-electron chi connectivity index (χ4n) is 2.15. The van der Waals surface area contributed by atoms with E-state index in [0.29, 0.717) is 24.5 Å². The minimum atomic E-state index is -0.804. The summed E-state index contributed by atoms with van der Waals surface area (Å²) in [5, 5.41) is 13.5. The average molecular weight is 251 g/mol. The molecular formula is C14H21NO3. The Labute approximate surface area is 108 Å². The standard InChI is InChI=1S/C14H21NO3/c1-10-4-5-11(12(8-10)17-3)18-13-9-15-7-6-14(13,2)16/h4-5,8,13,15-16H,6-7,9H2,1-3H3. The summed E-state index contributed by atoms with van der Waals surface area (Å²) in [6.07, 6.45) is 0.425. The Balaban J connectivity index is 2.17. The van der Waals surface area contributed by atoms with E-state index in [2.05, 4.69) is 5.32 Å². The van der Waals surface area contributed by atoms with Crippen molar-refractivity contribution in [2.45, 2.75) is 32.0 Å². The number of aliphatic hydroxyl groups is 1. The number of hydrogen-bond acceptors (Lipinski definition) is 4. The molecule has 1 saturated heterocycles. The Morgan fingerprint density at radius 2 is 2.17 bits per heavy atom. The Morgan fingerprint density at radius 1 is 1.39 bits per heavy atom. The van der Waals surface area contributed by atoms with Crippen LogP contribution in [0.15, 0.2) is 18.2 Å². The lowest BCUT2D eigenvalue weighted by atomic mass is 9.92. The van der Waals surface area contributed by atoms with Gasteiger partial charge in [0.25, 0.3) is 0 Å². The molecule has 2 rings (SSSR count). The average Bonchev–Trinajstić information content (AvgIpc) is 2.33. The fourth-order valence-corrected chi connectivity index (χ4v) is 2.15. The lowest BCUT2D eigenvalue weighted by molar-refractivity contribution is -0.0664. The van der Waals surface area contributed by atoms with Crippen LogP contribution in [0.4, 0.5) is 0 Å². The lowest BCUT2D eigenvalue weighted by Gasteiger charge is -2.37. The van der Waals surface area contributed by atoms with E-state index in [-0.39, 0.29) is 6.10 Å². The summed E-state index contributed by atoms with van der Waals surface area (Å²) >= 11 is 0. The predicted octanol–water partition coefficient (Wildman–Crippen LogP) is 1.50. The van der Waals surface area contributed by atoms with Gasteiger partial charge in [0.15, 0.2) is 11.5 Å². The second kappa shape index (κ2) is 5.16. The predicted molar refractivity (Wildman–Crippen MR) is 70.3 cm³/mol. The number of aryl methyl sites for hydroxylation is 1. The summed E-state index contributed by atoms with van der Waals surface area (Å²) < 4.78 is 11.2. The van der Waals surface area contributed by atoms with Crippen LogP contribution in [0.3, 0.4) is 0 Å². The maximum atomic E-state index is 10.3. The second-order valence-corrected chi connectivity index (χ2v) is 5.07. The molecule has 0 bridgehead atoms. The van der Waals surface area contributed by atoms with Gasteiger partial charge in [-0.15, -0.1) is 0 Å². The van der Waals surface area contributed by atoms with Gasteiger partial charge in [-0.3, -0.25) is 0 Å². The number of piperidine rings is 1. The van der Waals surface area contributed by atoms with Gasteiger partial charge in [0.05, 0.1) is 7.11 Å². The van der Waals surface area contributed by atoms with E-state index in [1.807, 2.05) is 32.0 Å². The van der Waals surface area contributed by atoms with Gasteiger partial charge in [0, 0.05) is 6.54 Å². The van der Waals surface area contributed by atoms with Crippen molar-refractivity contribution in [1.29, 1.82) is 0 Å². The number of methoxy groups -OCH3 is 1. The third-order valence-corrected chi connectivity index (χ3v) is 3.42. The summed E-state index contributed by atoms with van der Waals surface area (Å²) in [5.74, 6) is 1.38. The molecule has 0 aromatic heterocycles. The van der Waals surface area contributed by atoms with Crippen molar-refractivity contribution >= 4 is 0 Å². The Bertz CT molecular complexity index is 418. The second-order valence-electron chi connectivity index (χ2n) is 5.07. The highest BCUT2D eigenvalue weighted by atomic mass is 16.5. The Kier molecular flexibility index (Phi) is 3.78. The first-order valence-electron chi connectivity index (χ1n) is 6.27. The zero-order valence-corrected chi connectivity index (χ0v) is 11.2. The molecule has 4 heteroatoms. The van der Waals surface area contributed by atoms with Gasteiger partial charge in [-0.2, -0.15) is 0 Å². The van der Waals surface area contributed by atoms with E-state index in [1.54, 1.807) is 7.11 Å². The van der Waals surface area contributed by atoms with Gasteiger partial charge >= 0.3 is 0 Å². The van der Waals surface area contributed by atoms with Gasteiger partial charge in [-0.05, 0) is 44.5 Å². The van der Waals surface area contributed by atoms with Crippen LogP contribution in [-0.2, 0) is 0 Å². The van der Waals surface area contributed by atoms with E-state index >= 15 is 0 Å². The Hall–Kier alpha value is -1.26. The van der Waals surface area contributed by atoms with Gasteiger partial charge in [0.1, 0.15) is 11.7 Å². The lowest BCUT2D eigenvalue weighted by Crippen LogP contribution is -2.55. The van der Waals surface area contributed by atoms with Gasteiger partial charge in [-0.1, -0.05) is 6.07 Å². The molecule has 0 saturated carbocycles. The summed E-state index contributed by atoms with van der Waals surface area (Å²) in [6, 6.07) is 5.79. The van der Waals surface area contributed by atoms with Crippen molar-refractivity contribution in [2.75, 3.05) is 20.2 Å². The van der Waals surface area contributed by atoms with Crippen LogP contribution < -0.4 is 14.8 Å². The molecule has 0 spiro atoms. The Morgan fingerprint density at radius 3 is 2.83 bits per heavy atom. The summed E-state index contributed by atoms with van der Waals surface area (Å²) in [6.45, 7) is 5.28. The SMILES string of the molecule is COc1cc(C)ccc1OC1CNCCC1(C)O. The molecule has 1 aliphatic rings. The maximum absolute atomic E-state index is 10.3. The van der Waals surface area contributed by atoms with E-state index in [1.165, 1.54) is 0 Å². The molecule has 1 heterocycles. The number of hydrogen-bond donors (Lipinski definition) is 2. The van der Waals surface area contributed by atoms with Crippen molar-refractivity contribution < 1.29 is 14.6 Å². The molecular weight excluding hydrogens is 230 g/mol. The quantitative estimate of drug-likeness (QED) is 0.854. The van der Waals surface area contributed by atoms with Crippen LogP contribution >= 0.6 is 0 Å². The summed E-state index contributed by atoms with van der Waals surface area (Å²) in [7, 11) is 1.62. The molecule has 0 radical (unpaired) electrons. The largest absolute Gasteiger partial charge is 0.493 e. The molecule has 1 aliphatic heterocycles. The molecule has 0 amide bonds. The first kappa shape index (κ1) is 13.2. The highest BCUT2D eigenvalue weighted by Crippen LogP contribution is 2.31. The maximum Gasteiger partial charge on any atom is 0.161 e. The van der Waals surface area contributed by atoms with Crippen molar-refractivity contribution in [3.63, 3.8) is 0 Å². The molecule has 2 atom stereocenters. The molecule has 2 unspecified atom stereocenters. The first-order valence-corrected chi connectivity index (χ1v) is 6.27. The summed E-state index contributed by atoms with van der Waals surface area (Å²) in [4.78, 5) is 0. The van der Waals surface area contributed by atoms with Gasteiger partial charge in [0.2, 0.25) is 0 Å². The van der Waals surface area contributed by atoms with Crippen molar-refractivity contribution in [3.8, 4) is 11.5 Å². The summed E-state index contributed by atoms with van der Waals surface area (Å²) in [5.41, 5.74) is 0.314. The molecule has 4 nitrogen and oxygen atoms in total. The minimum absolute atomic E-state index is 0.261. The third kappa shape index (κ3) is 2.76. The normalized spacial score (nSPS) is 27.9. The van der Waals surface area contributed by atoms with Crippen molar-refractivity contribution in [2.24, 2.45) is 0 Å². The van der Waals surface area contributed by atoms with E-state index in [0.717, 1.165) is 12.1 Å². The molecule has 18 heavy (non-hydrogen) atoms. The molecule has 1 aromatic rings. The molecule has 0 aliphatic carbocycles. The van der Waals surface area contributed by atoms with E-state index in [9.17, 15) is 5.11 Å². The third-order valence-electron chi connectivity index (χ3n) is 3.42. The van der Waals surface area contributed by atoms with Crippen LogP contribution in [-0.4, -0.2) is 37.0 Å². The highest BCUT2D eigenvalue weighted by Gasteiger charge is 2.36. The van der Waals surface area contributed by atoms with Crippen LogP contribution in [0.5, 0.6) is 11.5 Å². The molecule has 1 aromatic carbocycles. The van der Waals surface area contributed by atoms with Crippen LogP contribution in [0.25, 0.3) is 0 Å². The van der Waals surface area contributed by atoms with Crippen molar-refractivity contribution in [1.82, 2.24) is 5.32 Å². The number of rotatable bonds is 3. The van der Waals surface area contributed by atoms with Crippen LogP contribution in [0, 0.1) is 6.92 Å². The fraction of sp³-hybridized carbons (Fsp3) is 0.571. The number of nitrogens with one attached hydrogen (secondary N) is 1. The number of ether oxygens (including phenoxy) is 2. The zero-order chi connectivity index (χ0) is 13.2. The topological polar surface area (TPSA) is 50.7 Å². The van der Waals surface area contributed by atoms with E-state index < -0.39 is 5.60 Å². The molecule has 1 fully saturated rings. The highest BCUT2D eigenvalue weighted by molar-refractivity contribution is 5.42. The number of benzene rings is 1. The zero-order valence-electron chi connectivity index (χ0n) is 11.2. The van der Waals surface area contributed by atoms with Crippen LogP contribution in [0.1, 0.15) is 18.9 Å². The monoisotopic (exact) mass is 251 g/mol. The molecule has 2 N–H and O–H groups in total. The minimum Gasteiger partial charge on any atom is -0.493 e.